The van der Waals surface area contributed by atoms with E-state index in [-0.39, 0.29) is 0 Å². The van der Waals surface area contributed by atoms with E-state index < -0.39 is 6.10 Å². The van der Waals surface area contributed by atoms with E-state index in [1.165, 1.54) is 5.56 Å². The monoisotopic (exact) mass is 303 g/mol. The first-order valence-electron chi connectivity index (χ1n) is 7.39. The Morgan fingerprint density at radius 3 is 2.33 bits per heavy atom. The molecular formula is C18H22ClNO. The third-order valence-corrected chi connectivity index (χ3v) is 3.73. The molecule has 2 nitrogen and oxygen atoms in total. The minimum absolute atomic E-state index is 0.488. The van der Waals surface area contributed by atoms with Crippen molar-refractivity contribution in [3.8, 4) is 0 Å². The molecule has 21 heavy (non-hydrogen) atoms. The molecule has 2 rings (SSSR count). The highest BCUT2D eigenvalue weighted by atomic mass is 35.5. The number of aliphatic hydroxyl groups is 1. The van der Waals surface area contributed by atoms with Crippen LogP contribution in [0.15, 0.2) is 54.6 Å². The molecule has 1 atom stereocenters. The van der Waals surface area contributed by atoms with Crippen LogP contribution in [0.4, 0.5) is 0 Å². The highest BCUT2D eigenvalue weighted by molar-refractivity contribution is 6.30. The van der Waals surface area contributed by atoms with Gasteiger partial charge in [0, 0.05) is 18.1 Å². The maximum absolute atomic E-state index is 10.4. The Labute approximate surface area is 132 Å². The van der Waals surface area contributed by atoms with Crippen LogP contribution < -0.4 is 0 Å². The van der Waals surface area contributed by atoms with Gasteiger partial charge in [-0.25, -0.2) is 0 Å². The van der Waals surface area contributed by atoms with Crippen molar-refractivity contribution in [2.24, 2.45) is 0 Å². The van der Waals surface area contributed by atoms with E-state index in [4.69, 9.17) is 11.6 Å². The van der Waals surface area contributed by atoms with E-state index in [0.29, 0.717) is 11.6 Å². The van der Waals surface area contributed by atoms with Crippen LogP contribution in [-0.2, 0) is 6.54 Å². The van der Waals surface area contributed by atoms with Crippen LogP contribution in [-0.4, -0.2) is 23.1 Å². The van der Waals surface area contributed by atoms with Crippen molar-refractivity contribution < 1.29 is 5.11 Å². The third kappa shape index (κ3) is 5.16. The van der Waals surface area contributed by atoms with Gasteiger partial charge in [0.15, 0.2) is 0 Å². The van der Waals surface area contributed by atoms with Gasteiger partial charge in [0.2, 0.25) is 0 Å². The van der Waals surface area contributed by atoms with E-state index >= 15 is 0 Å². The van der Waals surface area contributed by atoms with Crippen LogP contribution in [0.25, 0.3) is 0 Å². The predicted octanol–water partition coefficient (Wildman–Crippen LogP) is 4.29. The van der Waals surface area contributed by atoms with Crippen molar-refractivity contribution in [1.82, 2.24) is 4.90 Å². The number of nitrogens with zero attached hydrogens (tertiary/aromatic N) is 1. The minimum Gasteiger partial charge on any atom is -0.387 e. The van der Waals surface area contributed by atoms with Crippen LogP contribution in [0, 0.1) is 0 Å². The predicted molar refractivity (Wildman–Crippen MR) is 88.4 cm³/mol. The lowest BCUT2D eigenvalue weighted by Crippen LogP contribution is -2.29. The number of aliphatic hydroxyl groups excluding tert-OH is 1. The summed E-state index contributed by atoms with van der Waals surface area (Å²) in [5.74, 6) is 0. The van der Waals surface area contributed by atoms with E-state index in [1.54, 1.807) is 0 Å². The molecule has 0 aromatic heterocycles. The highest BCUT2D eigenvalue weighted by Gasteiger charge is 2.13. The first kappa shape index (κ1) is 16.0. The average Bonchev–Trinajstić information content (AvgIpc) is 2.49. The van der Waals surface area contributed by atoms with Crippen LogP contribution in [0.2, 0.25) is 5.02 Å². The lowest BCUT2D eigenvalue weighted by atomic mass is 10.1. The van der Waals surface area contributed by atoms with Crippen LogP contribution >= 0.6 is 11.6 Å². The summed E-state index contributed by atoms with van der Waals surface area (Å²) < 4.78 is 0. The number of halogens is 1. The summed E-state index contributed by atoms with van der Waals surface area (Å²) in [6.07, 6.45) is 0.581. The molecule has 0 aliphatic carbocycles. The van der Waals surface area contributed by atoms with Gasteiger partial charge in [-0.3, -0.25) is 4.90 Å². The fraction of sp³-hybridized carbons (Fsp3) is 0.333. The molecule has 0 amide bonds. The Kier molecular flexibility index (Phi) is 6.24. The molecule has 0 radical (unpaired) electrons. The molecule has 2 aromatic rings. The van der Waals surface area contributed by atoms with E-state index in [9.17, 15) is 5.11 Å². The smallest absolute Gasteiger partial charge is 0.0917 e. The molecule has 1 unspecified atom stereocenters. The summed E-state index contributed by atoms with van der Waals surface area (Å²) in [5, 5.41) is 11.1. The topological polar surface area (TPSA) is 23.5 Å². The molecular weight excluding hydrogens is 282 g/mol. The van der Waals surface area contributed by atoms with E-state index in [1.807, 2.05) is 30.3 Å². The van der Waals surface area contributed by atoms with Crippen LogP contribution in [0.5, 0.6) is 0 Å². The number of benzene rings is 2. The zero-order chi connectivity index (χ0) is 15.1. The lowest BCUT2D eigenvalue weighted by molar-refractivity contribution is 0.109. The van der Waals surface area contributed by atoms with Gasteiger partial charge in [0.05, 0.1) is 6.10 Å². The van der Waals surface area contributed by atoms with Gasteiger partial charge in [-0.05, 0) is 36.2 Å². The molecule has 0 saturated heterocycles. The lowest BCUT2D eigenvalue weighted by Gasteiger charge is -2.25. The Morgan fingerprint density at radius 1 is 1.05 bits per heavy atom. The van der Waals surface area contributed by atoms with Crippen molar-refractivity contribution in [1.29, 1.82) is 0 Å². The fourth-order valence-corrected chi connectivity index (χ4v) is 2.55. The van der Waals surface area contributed by atoms with Crippen LogP contribution in [0.3, 0.4) is 0 Å². The van der Waals surface area contributed by atoms with E-state index in [2.05, 4.69) is 36.1 Å². The van der Waals surface area contributed by atoms with Crippen molar-refractivity contribution in [2.45, 2.75) is 26.0 Å². The summed E-state index contributed by atoms with van der Waals surface area (Å²) in [5.41, 5.74) is 2.18. The maximum Gasteiger partial charge on any atom is 0.0917 e. The molecule has 112 valence electrons. The zero-order valence-corrected chi connectivity index (χ0v) is 13.1. The summed E-state index contributed by atoms with van der Waals surface area (Å²) in [6, 6.07) is 17.8. The van der Waals surface area contributed by atoms with Crippen molar-refractivity contribution in [3.05, 3.63) is 70.7 Å². The second-order valence-electron chi connectivity index (χ2n) is 5.29. The van der Waals surface area contributed by atoms with Crippen molar-refractivity contribution >= 4 is 11.6 Å². The van der Waals surface area contributed by atoms with E-state index in [0.717, 1.165) is 25.1 Å². The Bertz CT molecular complexity index is 527. The third-order valence-electron chi connectivity index (χ3n) is 3.47. The Morgan fingerprint density at radius 2 is 1.71 bits per heavy atom. The molecule has 0 saturated carbocycles. The average molecular weight is 304 g/mol. The fourth-order valence-electron chi connectivity index (χ4n) is 2.43. The number of rotatable bonds is 7. The summed E-state index contributed by atoms with van der Waals surface area (Å²) in [4.78, 5) is 2.29. The van der Waals surface area contributed by atoms with Gasteiger partial charge in [-0.2, -0.15) is 0 Å². The standard InChI is InChI=1S/C18H22ClNO/c1-2-12-20(13-15-6-4-3-5-7-15)14-18(21)16-8-10-17(19)11-9-16/h3-11,18,21H,2,12-14H2,1H3. The van der Waals surface area contributed by atoms with Gasteiger partial charge in [0.25, 0.3) is 0 Å². The van der Waals surface area contributed by atoms with Crippen molar-refractivity contribution in [2.75, 3.05) is 13.1 Å². The molecule has 0 heterocycles. The first-order chi connectivity index (χ1) is 10.2. The maximum atomic E-state index is 10.4. The van der Waals surface area contributed by atoms with Crippen LogP contribution in [0.1, 0.15) is 30.6 Å². The van der Waals surface area contributed by atoms with Gasteiger partial charge in [0.1, 0.15) is 0 Å². The van der Waals surface area contributed by atoms with Gasteiger partial charge in [-0.15, -0.1) is 0 Å². The van der Waals surface area contributed by atoms with Gasteiger partial charge < -0.3 is 5.11 Å². The zero-order valence-electron chi connectivity index (χ0n) is 12.4. The molecule has 2 aromatic carbocycles. The number of hydrogen-bond acceptors (Lipinski definition) is 2. The molecule has 0 aliphatic heterocycles. The van der Waals surface area contributed by atoms with Gasteiger partial charge >= 0.3 is 0 Å². The molecule has 0 aliphatic rings. The van der Waals surface area contributed by atoms with Crippen molar-refractivity contribution in [3.63, 3.8) is 0 Å². The Hall–Kier alpha value is -1.35. The highest BCUT2D eigenvalue weighted by Crippen LogP contribution is 2.18. The summed E-state index contributed by atoms with van der Waals surface area (Å²) in [7, 11) is 0. The Balaban J connectivity index is 2.00. The normalized spacial score (nSPS) is 12.6. The first-order valence-corrected chi connectivity index (χ1v) is 7.76. The molecule has 1 N–H and O–H groups in total. The summed E-state index contributed by atoms with van der Waals surface area (Å²) in [6.45, 7) is 4.62. The SMILES string of the molecule is CCCN(Cc1ccccc1)CC(O)c1ccc(Cl)cc1. The second-order valence-corrected chi connectivity index (χ2v) is 5.72. The van der Waals surface area contributed by atoms with Gasteiger partial charge in [-0.1, -0.05) is 61.0 Å². The second kappa shape index (κ2) is 8.18. The molecule has 0 spiro atoms. The largest absolute Gasteiger partial charge is 0.387 e. The number of hydrogen-bond donors (Lipinski definition) is 1. The minimum atomic E-state index is -0.488. The quantitative estimate of drug-likeness (QED) is 0.825. The molecule has 0 bridgehead atoms. The molecule has 0 fully saturated rings. The summed E-state index contributed by atoms with van der Waals surface area (Å²) >= 11 is 5.89. The molecule has 3 heteroatoms.